The molecule has 2 bridgehead atoms. The summed E-state index contributed by atoms with van der Waals surface area (Å²) in [4.78, 5) is 0. The molecule has 2 heteroatoms. The van der Waals surface area contributed by atoms with E-state index in [1.807, 2.05) is 0 Å². The highest BCUT2D eigenvalue weighted by molar-refractivity contribution is 4.95. The van der Waals surface area contributed by atoms with Crippen LogP contribution in [0.3, 0.4) is 0 Å². The maximum absolute atomic E-state index is 10.7. The van der Waals surface area contributed by atoms with Gasteiger partial charge in [0, 0.05) is 5.92 Å². The van der Waals surface area contributed by atoms with E-state index in [1.54, 1.807) is 0 Å². The Labute approximate surface area is 105 Å². The van der Waals surface area contributed by atoms with Crippen molar-refractivity contribution < 1.29 is 9.84 Å². The smallest absolute Gasteiger partial charge is 0.0633 e. The maximum Gasteiger partial charge on any atom is 0.0633 e. The van der Waals surface area contributed by atoms with E-state index in [2.05, 4.69) is 13.8 Å². The Kier molecular flexibility index (Phi) is 3.20. The molecule has 3 fully saturated rings. The minimum Gasteiger partial charge on any atom is -0.392 e. The number of hydrogen-bond donors (Lipinski definition) is 1. The molecule has 17 heavy (non-hydrogen) atoms. The molecule has 6 unspecified atom stereocenters. The second kappa shape index (κ2) is 4.55. The molecule has 1 N–H and O–H groups in total. The van der Waals surface area contributed by atoms with Crippen molar-refractivity contribution >= 4 is 0 Å². The summed E-state index contributed by atoms with van der Waals surface area (Å²) in [7, 11) is 0. The summed E-state index contributed by atoms with van der Waals surface area (Å²) in [6, 6.07) is 0. The van der Waals surface area contributed by atoms with E-state index in [-0.39, 0.29) is 6.10 Å². The van der Waals surface area contributed by atoms with E-state index in [1.165, 1.54) is 32.1 Å². The van der Waals surface area contributed by atoms with Gasteiger partial charge in [0.05, 0.1) is 18.3 Å². The first-order valence-electron chi connectivity index (χ1n) is 7.47. The molecule has 0 aromatic heterocycles. The molecule has 6 atom stereocenters. The van der Waals surface area contributed by atoms with Crippen molar-refractivity contribution in [3.63, 3.8) is 0 Å². The summed E-state index contributed by atoms with van der Waals surface area (Å²) in [5.41, 5.74) is 0. The Morgan fingerprint density at radius 3 is 2.24 bits per heavy atom. The molecule has 2 nitrogen and oxygen atoms in total. The minimum absolute atomic E-state index is 0.101. The first-order chi connectivity index (χ1) is 8.13. The number of ether oxygens (including phenoxy) is 1. The zero-order valence-corrected chi connectivity index (χ0v) is 11.1. The van der Waals surface area contributed by atoms with Gasteiger partial charge in [-0.25, -0.2) is 0 Å². The van der Waals surface area contributed by atoms with Gasteiger partial charge in [-0.05, 0) is 56.3 Å². The lowest BCUT2D eigenvalue weighted by Gasteiger charge is -2.38. The Hall–Kier alpha value is -0.0800. The molecule has 2 aliphatic heterocycles. The summed E-state index contributed by atoms with van der Waals surface area (Å²) in [6.45, 7) is 4.68. The zero-order chi connectivity index (χ0) is 12.0. The average Bonchev–Trinajstić information content (AvgIpc) is 2.88. The van der Waals surface area contributed by atoms with E-state index in [4.69, 9.17) is 4.74 Å². The highest BCUT2D eigenvalue weighted by Crippen LogP contribution is 2.45. The van der Waals surface area contributed by atoms with Crippen LogP contribution in [0.15, 0.2) is 0 Å². The van der Waals surface area contributed by atoms with Crippen molar-refractivity contribution in [1.82, 2.24) is 0 Å². The van der Waals surface area contributed by atoms with Crippen LogP contribution in [0.2, 0.25) is 0 Å². The maximum atomic E-state index is 10.7. The van der Waals surface area contributed by atoms with E-state index in [0.29, 0.717) is 24.0 Å². The molecule has 3 aliphatic rings. The van der Waals surface area contributed by atoms with E-state index in [0.717, 1.165) is 18.3 Å². The summed E-state index contributed by atoms with van der Waals surface area (Å²) in [6.07, 6.45) is 8.06. The van der Waals surface area contributed by atoms with Gasteiger partial charge in [-0.3, -0.25) is 0 Å². The molecular weight excluding hydrogens is 212 g/mol. The Bertz CT molecular complexity index is 268. The van der Waals surface area contributed by atoms with Gasteiger partial charge in [-0.15, -0.1) is 0 Å². The lowest BCUT2D eigenvalue weighted by atomic mass is 9.70. The van der Waals surface area contributed by atoms with Crippen molar-refractivity contribution in [3.8, 4) is 0 Å². The molecule has 98 valence electrons. The second-order valence-electron chi connectivity index (χ2n) is 6.94. The topological polar surface area (TPSA) is 29.5 Å². The molecule has 0 radical (unpaired) electrons. The largest absolute Gasteiger partial charge is 0.392 e. The van der Waals surface area contributed by atoms with Crippen LogP contribution in [0.4, 0.5) is 0 Å². The van der Waals surface area contributed by atoms with Gasteiger partial charge in [0.25, 0.3) is 0 Å². The highest BCUT2D eigenvalue weighted by Gasteiger charge is 2.46. The van der Waals surface area contributed by atoms with Crippen molar-refractivity contribution in [2.24, 2.45) is 23.7 Å². The molecule has 2 heterocycles. The standard InChI is InChI=1S/C15H26O2/c1-9-5-10(2)7-11(6-9)15(16)13-8-12-3-4-14(13)17-12/h9-16H,3-8H2,1-2H3. The van der Waals surface area contributed by atoms with Gasteiger partial charge in [0.15, 0.2) is 0 Å². The van der Waals surface area contributed by atoms with Crippen LogP contribution >= 0.6 is 0 Å². The summed E-state index contributed by atoms with van der Waals surface area (Å²) < 4.78 is 5.89. The monoisotopic (exact) mass is 238 g/mol. The van der Waals surface area contributed by atoms with Crippen LogP contribution in [0.25, 0.3) is 0 Å². The van der Waals surface area contributed by atoms with Crippen LogP contribution in [-0.2, 0) is 4.74 Å². The Morgan fingerprint density at radius 2 is 1.71 bits per heavy atom. The predicted octanol–water partition coefficient (Wildman–Crippen LogP) is 2.99. The number of aliphatic hydroxyl groups is 1. The molecule has 1 saturated carbocycles. The van der Waals surface area contributed by atoms with Gasteiger partial charge in [0.1, 0.15) is 0 Å². The third kappa shape index (κ3) is 2.26. The lowest BCUT2D eigenvalue weighted by molar-refractivity contribution is -0.0137. The number of hydrogen-bond acceptors (Lipinski definition) is 2. The van der Waals surface area contributed by atoms with Gasteiger partial charge in [0.2, 0.25) is 0 Å². The second-order valence-corrected chi connectivity index (χ2v) is 6.94. The van der Waals surface area contributed by atoms with E-state index in [9.17, 15) is 5.11 Å². The third-order valence-electron chi connectivity index (χ3n) is 5.29. The van der Waals surface area contributed by atoms with Crippen LogP contribution in [0.1, 0.15) is 52.4 Å². The number of aliphatic hydroxyl groups excluding tert-OH is 1. The fraction of sp³-hybridized carbons (Fsp3) is 1.00. The SMILES string of the molecule is CC1CC(C)CC(C(O)C2CC3CCC2O3)C1. The number of rotatable bonds is 2. The quantitative estimate of drug-likeness (QED) is 0.801. The third-order valence-corrected chi connectivity index (χ3v) is 5.29. The van der Waals surface area contributed by atoms with Crippen LogP contribution in [-0.4, -0.2) is 23.4 Å². The predicted molar refractivity (Wildman–Crippen MR) is 67.7 cm³/mol. The van der Waals surface area contributed by atoms with Crippen molar-refractivity contribution in [2.75, 3.05) is 0 Å². The summed E-state index contributed by atoms with van der Waals surface area (Å²) >= 11 is 0. The van der Waals surface area contributed by atoms with E-state index < -0.39 is 0 Å². The first-order valence-corrected chi connectivity index (χ1v) is 7.47. The molecular formula is C15H26O2. The first kappa shape index (κ1) is 12.0. The lowest BCUT2D eigenvalue weighted by Crippen LogP contribution is -2.38. The molecule has 2 saturated heterocycles. The van der Waals surface area contributed by atoms with Crippen LogP contribution in [0, 0.1) is 23.7 Å². The molecule has 0 spiro atoms. The molecule has 0 aromatic carbocycles. The fourth-order valence-corrected chi connectivity index (χ4v) is 4.67. The van der Waals surface area contributed by atoms with Crippen molar-refractivity contribution in [1.29, 1.82) is 0 Å². The van der Waals surface area contributed by atoms with Gasteiger partial charge in [-0.2, -0.15) is 0 Å². The van der Waals surface area contributed by atoms with Gasteiger partial charge >= 0.3 is 0 Å². The highest BCUT2D eigenvalue weighted by atomic mass is 16.5. The summed E-state index contributed by atoms with van der Waals surface area (Å²) in [5, 5.41) is 10.7. The Balaban J connectivity index is 1.63. The minimum atomic E-state index is -0.101. The molecule has 0 aromatic rings. The fourth-order valence-electron chi connectivity index (χ4n) is 4.67. The Morgan fingerprint density at radius 1 is 1.00 bits per heavy atom. The van der Waals surface area contributed by atoms with Gasteiger partial charge < -0.3 is 9.84 Å². The zero-order valence-electron chi connectivity index (χ0n) is 11.1. The molecule has 3 rings (SSSR count). The molecule has 1 aliphatic carbocycles. The normalized spacial score (nSPS) is 51.7. The molecule has 0 amide bonds. The van der Waals surface area contributed by atoms with Crippen LogP contribution in [0.5, 0.6) is 0 Å². The van der Waals surface area contributed by atoms with Crippen LogP contribution < -0.4 is 0 Å². The van der Waals surface area contributed by atoms with E-state index >= 15 is 0 Å². The summed E-state index contributed by atoms with van der Waals surface area (Å²) in [5.74, 6) is 2.55. The van der Waals surface area contributed by atoms with Crippen molar-refractivity contribution in [3.05, 3.63) is 0 Å². The number of fused-ring (bicyclic) bond motifs is 2. The average molecular weight is 238 g/mol. The van der Waals surface area contributed by atoms with Gasteiger partial charge in [-0.1, -0.05) is 13.8 Å². The van der Waals surface area contributed by atoms with Crippen molar-refractivity contribution in [2.45, 2.75) is 70.7 Å².